The topological polar surface area (TPSA) is 32.3 Å². The average Bonchev–Trinajstić information content (AvgIpc) is 2.88. The Labute approximate surface area is 125 Å². The number of benzene rings is 1. The van der Waals surface area contributed by atoms with Crippen LogP contribution < -0.4 is 5.32 Å². The van der Waals surface area contributed by atoms with Gasteiger partial charge in [-0.2, -0.15) is 11.8 Å². The molecule has 0 bridgehead atoms. The van der Waals surface area contributed by atoms with Crippen LogP contribution in [0.4, 0.5) is 0 Å². The molecule has 2 unspecified atom stereocenters. The van der Waals surface area contributed by atoms with E-state index in [1.165, 1.54) is 24.2 Å². The molecular weight excluding hydrogens is 268 g/mol. The minimum absolute atomic E-state index is 0.0159. The number of nitrogens with zero attached hydrogens (tertiary/aromatic N) is 1. The fourth-order valence-corrected chi connectivity index (χ4v) is 4.19. The molecule has 2 aliphatic rings. The summed E-state index contributed by atoms with van der Waals surface area (Å²) in [6.07, 6.45) is 4.29. The lowest BCUT2D eigenvalue weighted by Gasteiger charge is -2.30. The molecular formula is C16H22N2OS. The van der Waals surface area contributed by atoms with E-state index >= 15 is 0 Å². The summed E-state index contributed by atoms with van der Waals surface area (Å²) >= 11 is 1.98. The zero-order valence-corrected chi connectivity index (χ0v) is 12.6. The van der Waals surface area contributed by atoms with Gasteiger partial charge in [0.25, 0.3) is 0 Å². The molecule has 0 aliphatic carbocycles. The van der Waals surface area contributed by atoms with Gasteiger partial charge in [-0.3, -0.25) is 10.1 Å². The van der Waals surface area contributed by atoms with E-state index in [2.05, 4.69) is 34.5 Å². The van der Waals surface area contributed by atoms with Gasteiger partial charge in [-0.15, -0.1) is 0 Å². The molecule has 3 rings (SSSR count). The van der Waals surface area contributed by atoms with E-state index < -0.39 is 0 Å². The number of carbonyl (C=O) groups is 1. The number of thioether (sulfide) groups is 1. The third-order valence-corrected chi connectivity index (χ3v) is 5.43. The van der Waals surface area contributed by atoms with Crippen LogP contribution in [0.15, 0.2) is 30.3 Å². The summed E-state index contributed by atoms with van der Waals surface area (Å²) in [4.78, 5) is 14.6. The van der Waals surface area contributed by atoms with Gasteiger partial charge in [-0.05, 0) is 37.0 Å². The molecule has 0 spiro atoms. The summed E-state index contributed by atoms with van der Waals surface area (Å²) in [5, 5.41) is 3.39. The molecule has 20 heavy (non-hydrogen) atoms. The van der Waals surface area contributed by atoms with Crippen molar-refractivity contribution in [3.63, 3.8) is 0 Å². The molecule has 1 aromatic rings. The van der Waals surface area contributed by atoms with Gasteiger partial charge in [0.15, 0.2) is 0 Å². The number of aryl methyl sites for hydroxylation is 1. The Morgan fingerprint density at radius 3 is 2.90 bits per heavy atom. The highest BCUT2D eigenvalue weighted by Crippen LogP contribution is 2.24. The molecule has 0 radical (unpaired) electrons. The van der Waals surface area contributed by atoms with E-state index in [-0.39, 0.29) is 6.04 Å². The highest BCUT2D eigenvalue weighted by Gasteiger charge is 2.35. The van der Waals surface area contributed by atoms with Gasteiger partial charge in [-0.25, -0.2) is 0 Å². The monoisotopic (exact) mass is 290 g/mol. The van der Waals surface area contributed by atoms with Crippen LogP contribution >= 0.6 is 11.8 Å². The highest BCUT2D eigenvalue weighted by atomic mass is 32.2. The molecule has 4 heteroatoms. The standard InChI is InChI=1S/C16H22N2OS/c19-16-15(9-8-13-5-2-1-3-6-13)17-12-18(16)14-7-4-10-20-11-14/h1-3,5-6,14-15,17H,4,7-12H2. The van der Waals surface area contributed by atoms with Crippen LogP contribution in [0, 0.1) is 0 Å². The third-order valence-electron chi connectivity index (χ3n) is 4.23. The number of nitrogens with one attached hydrogen (secondary N) is 1. The predicted molar refractivity (Wildman–Crippen MR) is 83.7 cm³/mol. The van der Waals surface area contributed by atoms with Crippen molar-refractivity contribution >= 4 is 17.7 Å². The summed E-state index contributed by atoms with van der Waals surface area (Å²) in [5.41, 5.74) is 1.31. The van der Waals surface area contributed by atoms with Gasteiger partial charge in [0, 0.05) is 11.8 Å². The van der Waals surface area contributed by atoms with Gasteiger partial charge in [0.2, 0.25) is 5.91 Å². The zero-order chi connectivity index (χ0) is 13.8. The molecule has 0 saturated carbocycles. The van der Waals surface area contributed by atoms with E-state index in [0.29, 0.717) is 11.9 Å². The normalized spacial score (nSPS) is 27.0. The zero-order valence-electron chi connectivity index (χ0n) is 11.8. The lowest BCUT2D eigenvalue weighted by Crippen LogP contribution is -2.41. The maximum absolute atomic E-state index is 12.5. The first-order chi connectivity index (χ1) is 9.84. The van der Waals surface area contributed by atoms with E-state index in [9.17, 15) is 4.79 Å². The molecule has 2 fully saturated rings. The van der Waals surface area contributed by atoms with Crippen LogP contribution in [0.25, 0.3) is 0 Å². The second-order valence-corrected chi connectivity index (χ2v) is 6.77. The predicted octanol–water partition coefficient (Wildman–Crippen LogP) is 2.27. The van der Waals surface area contributed by atoms with Crippen molar-refractivity contribution in [2.45, 2.75) is 37.8 Å². The first-order valence-corrected chi connectivity index (χ1v) is 8.65. The first kappa shape index (κ1) is 14.0. The quantitative estimate of drug-likeness (QED) is 0.923. The smallest absolute Gasteiger partial charge is 0.241 e. The Balaban J connectivity index is 1.53. The first-order valence-electron chi connectivity index (χ1n) is 7.50. The Bertz CT molecular complexity index is 445. The van der Waals surface area contributed by atoms with E-state index in [0.717, 1.165) is 25.3 Å². The van der Waals surface area contributed by atoms with Crippen molar-refractivity contribution in [2.75, 3.05) is 18.2 Å². The van der Waals surface area contributed by atoms with Crippen molar-refractivity contribution in [1.82, 2.24) is 10.2 Å². The van der Waals surface area contributed by atoms with Gasteiger partial charge in [0.1, 0.15) is 0 Å². The average molecular weight is 290 g/mol. The maximum atomic E-state index is 12.5. The minimum Gasteiger partial charge on any atom is -0.325 e. The van der Waals surface area contributed by atoms with Gasteiger partial charge < -0.3 is 4.90 Å². The lowest BCUT2D eigenvalue weighted by atomic mass is 10.0. The molecule has 2 aliphatic heterocycles. The summed E-state index contributed by atoms with van der Waals surface area (Å²) in [5.74, 6) is 2.68. The minimum atomic E-state index is 0.0159. The number of carbonyl (C=O) groups excluding carboxylic acids is 1. The van der Waals surface area contributed by atoms with Crippen LogP contribution in [0.1, 0.15) is 24.8 Å². The number of rotatable bonds is 4. The fourth-order valence-electron chi connectivity index (χ4n) is 3.03. The van der Waals surface area contributed by atoms with E-state index in [1.807, 2.05) is 17.8 Å². The molecule has 1 aromatic carbocycles. The van der Waals surface area contributed by atoms with Crippen molar-refractivity contribution in [3.05, 3.63) is 35.9 Å². The third kappa shape index (κ3) is 3.18. The molecule has 2 atom stereocenters. The largest absolute Gasteiger partial charge is 0.325 e. The van der Waals surface area contributed by atoms with Gasteiger partial charge in [-0.1, -0.05) is 30.3 Å². The molecule has 0 aromatic heterocycles. The van der Waals surface area contributed by atoms with Crippen LogP contribution in [0.5, 0.6) is 0 Å². The summed E-state index contributed by atoms with van der Waals surface area (Å²) in [6, 6.07) is 10.9. The molecule has 108 valence electrons. The Kier molecular flexibility index (Phi) is 4.63. The van der Waals surface area contributed by atoms with Crippen LogP contribution in [-0.4, -0.2) is 41.1 Å². The second-order valence-electron chi connectivity index (χ2n) is 5.62. The Hall–Kier alpha value is -1.00. The van der Waals surface area contributed by atoms with Crippen molar-refractivity contribution in [3.8, 4) is 0 Å². The van der Waals surface area contributed by atoms with Crippen LogP contribution in [0.3, 0.4) is 0 Å². The van der Waals surface area contributed by atoms with Crippen LogP contribution in [0.2, 0.25) is 0 Å². The summed E-state index contributed by atoms with van der Waals surface area (Å²) in [7, 11) is 0. The van der Waals surface area contributed by atoms with E-state index in [1.54, 1.807) is 0 Å². The molecule has 1 amide bonds. The van der Waals surface area contributed by atoms with Crippen molar-refractivity contribution in [2.24, 2.45) is 0 Å². The Morgan fingerprint density at radius 2 is 2.15 bits per heavy atom. The maximum Gasteiger partial charge on any atom is 0.241 e. The SMILES string of the molecule is O=C1C(CCc2ccccc2)NCN1C1CCCSC1. The van der Waals surface area contributed by atoms with Crippen molar-refractivity contribution in [1.29, 1.82) is 0 Å². The fraction of sp³-hybridized carbons (Fsp3) is 0.562. The summed E-state index contributed by atoms with van der Waals surface area (Å²) < 4.78 is 0. The van der Waals surface area contributed by atoms with Crippen LogP contribution in [-0.2, 0) is 11.2 Å². The molecule has 1 N–H and O–H groups in total. The lowest BCUT2D eigenvalue weighted by molar-refractivity contribution is -0.130. The number of hydrogen-bond acceptors (Lipinski definition) is 3. The van der Waals surface area contributed by atoms with Gasteiger partial charge in [0.05, 0.1) is 12.7 Å². The molecule has 3 nitrogen and oxygen atoms in total. The summed E-state index contributed by atoms with van der Waals surface area (Å²) in [6.45, 7) is 0.740. The number of amides is 1. The number of hydrogen-bond donors (Lipinski definition) is 1. The molecule has 2 saturated heterocycles. The van der Waals surface area contributed by atoms with Gasteiger partial charge >= 0.3 is 0 Å². The van der Waals surface area contributed by atoms with E-state index in [4.69, 9.17) is 0 Å². The Morgan fingerprint density at radius 1 is 1.30 bits per heavy atom. The second kappa shape index (κ2) is 6.64. The highest BCUT2D eigenvalue weighted by molar-refractivity contribution is 7.99. The molecule has 2 heterocycles. The van der Waals surface area contributed by atoms with Crippen molar-refractivity contribution < 1.29 is 4.79 Å².